The van der Waals surface area contributed by atoms with Gasteiger partial charge in [0.2, 0.25) is 5.91 Å². The highest BCUT2D eigenvalue weighted by Gasteiger charge is 2.30. The second kappa shape index (κ2) is 4.41. The van der Waals surface area contributed by atoms with Gasteiger partial charge >= 0.3 is 0 Å². The van der Waals surface area contributed by atoms with E-state index in [4.69, 9.17) is 11.6 Å². The first kappa shape index (κ1) is 10.8. The van der Waals surface area contributed by atoms with Crippen LogP contribution in [0.1, 0.15) is 6.42 Å². The molecule has 1 fully saturated rings. The minimum atomic E-state index is 0.101. The number of hydrogen-bond donors (Lipinski definition) is 1. The van der Waals surface area contributed by atoms with Crippen molar-refractivity contribution < 1.29 is 4.79 Å². The number of amides is 1. The number of anilines is 1. The van der Waals surface area contributed by atoms with Crippen LogP contribution in [0.4, 0.5) is 5.69 Å². The third-order valence-electron chi connectivity index (χ3n) is 2.50. The van der Waals surface area contributed by atoms with Gasteiger partial charge in [0.05, 0.1) is 16.9 Å². The highest BCUT2D eigenvalue weighted by molar-refractivity contribution is 7.80. The lowest BCUT2D eigenvalue weighted by atomic mass is 10.1. The molecule has 3 nitrogen and oxygen atoms in total. The van der Waals surface area contributed by atoms with Gasteiger partial charge in [-0.15, -0.1) is 0 Å². The van der Waals surface area contributed by atoms with E-state index in [-0.39, 0.29) is 5.91 Å². The van der Waals surface area contributed by atoms with Crippen LogP contribution >= 0.6 is 24.2 Å². The molecule has 0 radical (unpaired) electrons. The predicted molar refractivity (Wildman–Crippen MR) is 63.6 cm³/mol. The Kier molecular flexibility index (Phi) is 3.17. The number of pyridine rings is 1. The summed E-state index contributed by atoms with van der Waals surface area (Å²) in [5.74, 6) is 1.14. The summed E-state index contributed by atoms with van der Waals surface area (Å²) in [6, 6.07) is 1.69. The van der Waals surface area contributed by atoms with Crippen molar-refractivity contribution in [3.8, 4) is 0 Å². The van der Waals surface area contributed by atoms with Crippen molar-refractivity contribution in [2.45, 2.75) is 6.42 Å². The van der Waals surface area contributed by atoms with Crippen molar-refractivity contribution in [1.82, 2.24) is 4.98 Å². The second-order valence-electron chi connectivity index (χ2n) is 3.58. The molecule has 2 rings (SSSR count). The lowest BCUT2D eigenvalue weighted by Gasteiger charge is -2.17. The average Bonchev–Trinajstić information content (AvgIpc) is 2.60. The van der Waals surface area contributed by atoms with Crippen molar-refractivity contribution in [1.29, 1.82) is 0 Å². The highest BCUT2D eigenvalue weighted by atomic mass is 35.5. The highest BCUT2D eigenvalue weighted by Crippen LogP contribution is 2.30. The molecule has 1 aliphatic heterocycles. The summed E-state index contributed by atoms with van der Waals surface area (Å²) in [7, 11) is 0. The summed E-state index contributed by atoms with van der Waals surface area (Å²) < 4.78 is 0. The zero-order valence-corrected chi connectivity index (χ0v) is 9.71. The Morgan fingerprint density at radius 3 is 3.07 bits per heavy atom. The van der Waals surface area contributed by atoms with E-state index in [1.165, 1.54) is 0 Å². The van der Waals surface area contributed by atoms with Crippen LogP contribution in [0.15, 0.2) is 18.5 Å². The first-order valence-corrected chi connectivity index (χ1v) is 5.74. The Bertz CT molecular complexity index is 385. The molecule has 0 spiro atoms. The van der Waals surface area contributed by atoms with Gasteiger partial charge in [0, 0.05) is 19.2 Å². The maximum Gasteiger partial charge on any atom is 0.227 e. The summed E-state index contributed by atoms with van der Waals surface area (Å²) in [4.78, 5) is 17.4. The Hall–Kier alpha value is -0.740. The third-order valence-corrected chi connectivity index (χ3v) is 3.34. The van der Waals surface area contributed by atoms with Gasteiger partial charge in [0.1, 0.15) is 0 Å². The lowest BCUT2D eigenvalue weighted by Crippen LogP contribution is -2.25. The predicted octanol–water partition coefficient (Wildman–Crippen LogP) is 2.02. The zero-order valence-electron chi connectivity index (χ0n) is 8.06. The van der Waals surface area contributed by atoms with E-state index in [0.29, 0.717) is 29.6 Å². The normalized spacial score (nSPS) is 21.1. The zero-order chi connectivity index (χ0) is 10.8. The SMILES string of the molecule is O=C1CC(CS)CN1c1cnccc1Cl. The van der Waals surface area contributed by atoms with E-state index in [0.717, 1.165) is 5.75 Å². The van der Waals surface area contributed by atoms with Gasteiger partial charge in [-0.3, -0.25) is 9.78 Å². The topological polar surface area (TPSA) is 33.2 Å². The molecule has 0 saturated carbocycles. The Morgan fingerprint density at radius 2 is 2.47 bits per heavy atom. The summed E-state index contributed by atoms with van der Waals surface area (Å²) in [5, 5.41) is 0.568. The lowest BCUT2D eigenvalue weighted by molar-refractivity contribution is -0.117. The minimum Gasteiger partial charge on any atom is -0.309 e. The largest absolute Gasteiger partial charge is 0.309 e. The van der Waals surface area contributed by atoms with Gasteiger partial charge in [-0.05, 0) is 17.7 Å². The summed E-state index contributed by atoms with van der Waals surface area (Å²) in [5.41, 5.74) is 0.702. The van der Waals surface area contributed by atoms with Gasteiger partial charge in [-0.1, -0.05) is 11.6 Å². The van der Waals surface area contributed by atoms with Crippen LogP contribution in [-0.4, -0.2) is 23.2 Å². The number of rotatable bonds is 2. The Labute approximate surface area is 98.8 Å². The molecule has 0 N–H and O–H groups in total. The first-order chi connectivity index (χ1) is 7.22. The fraction of sp³-hybridized carbons (Fsp3) is 0.400. The van der Waals surface area contributed by atoms with Crippen molar-refractivity contribution in [3.63, 3.8) is 0 Å². The maximum absolute atomic E-state index is 11.7. The fourth-order valence-corrected chi connectivity index (χ4v) is 2.16. The standard InChI is InChI=1S/C10H11ClN2OS/c11-8-1-2-12-4-9(8)13-5-7(6-15)3-10(13)14/h1-2,4,7,15H,3,5-6H2. The molecule has 1 saturated heterocycles. The number of carbonyl (C=O) groups excluding carboxylic acids is 1. The van der Waals surface area contributed by atoms with Crippen molar-refractivity contribution in [2.24, 2.45) is 5.92 Å². The molecule has 1 atom stereocenters. The van der Waals surface area contributed by atoms with E-state index < -0.39 is 0 Å². The smallest absolute Gasteiger partial charge is 0.227 e. The van der Waals surface area contributed by atoms with Crippen LogP contribution in [0, 0.1) is 5.92 Å². The number of hydrogen-bond acceptors (Lipinski definition) is 3. The van der Waals surface area contributed by atoms with E-state index >= 15 is 0 Å². The molecule has 0 aliphatic carbocycles. The van der Waals surface area contributed by atoms with Gasteiger partial charge in [-0.25, -0.2) is 0 Å². The number of aromatic nitrogens is 1. The molecule has 1 aromatic heterocycles. The number of halogens is 1. The summed E-state index contributed by atoms with van der Waals surface area (Å²) in [6.07, 6.45) is 3.79. The quantitative estimate of drug-likeness (QED) is 0.805. The van der Waals surface area contributed by atoms with Gasteiger partial charge < -0.3 is 4.90 Å². The molecular formula is C10H11ClN2OS. The van der Waals surface area contributed by atoms with Crippen LogP contribution in [0.3, 0.4) is 0 Å². The minimum absolute atomic E-state index is 0.101. The van der Waals surface area contributed by atoms with Crippen LogP contribution < -0.4 is 4.90 Å². The maximum atomic E-state index is 11.7. The molecule has 80 valence electrons. The number of nitrogens with zero attached hydrogens (tertiary/aromatic N) is 2. The van der Waals surface area contributed by atoms with Crippen molar-refractivity contribution >= 4 is 35.8 Å². The van der Waals surface area contributed by atoms with E-state index in [1.807, 2.05) is 0 Å². The first-order valence-electron chi connectivity index (χ1n) is 4.73. The molecule has 1 unspecified atom stereocenters. The Morgan fingerprint density at radius 1 is 1.67 bits per heavy atom. The van der Waals surface area contributed by atoms with Crippen LogP contribution in [0.2, 0.25) is 5.02 Å². The summed E-state index contributed by atoms with van der Waals surface area (Å²) in [6.45, 7) is 0.688. The second-order valence-corrected chi connectivity index (χ2v) is 4.36. The molecule has 0 bridgehead atoms. The number of carbonyl (C=O) groups is 1. The van der Waals surface area contributed by atoms with Gasteiger partial charge in [0.15, 0.2) is 0 Å². The van der Waals surface area contributed by atoms with E-state index in [1.54, 1.807) is 23.4 Å². The number of thiol groups is 1. The van der Waals surface area contributed by atoms with Crippen LogP contribution in [0.5, 0.6) is 0 Å². The van der Waals surface area contributed by atoms with Gasteiger partial charge in [-0.2, -0.15) is 12.6 Å². The van der Waals surface area contributed by atoms with Gasteiger partial charge in [0.25, 0.3) is 0 Å². The molecule has 2 heterocycles. The molecular weight excluding hydrogens is 232 g/mol. The molecule has 1 aliphatic rings. The van der Waals surface area contributed by atoms with E-state index in [9.17, 15) is 4.79 Å². The van der Waals surface area contributed by atoms with Crippen LogP contribution in [0.25, 0.3) is 0 Å². The fourth-order valence-electron chi connectivity index (χ4n) is 1.70. The monoisotopic (exact) mass is 242 g/mol. The molecule has 15 heavy (non-hydrogen) atoms. The van der Waals surface area contributed by atoms with Crippen molar-refractivity contribution in [2.75, 3.05) is 17.2 Å². The molecule has 1 aromatic rings. The molecule has 5 heteroatoms. The van der Waals surface area contributed by atoms with Crippen LogP contribution in [-0.2, 0) is 4.79 Å². The van der Waals surface area contributed by atoms with E-state index in [2.05, 4.69) is 17.6 Å². The Balaban J connectivity index is 2.25. The van der Waals surface area contributed by atoms with Crippen molar-refractivity contribution in [3.05, 3.63) is 23.5 Å². The third kappa shape index (κ3) is 2.11. The molecule has 0 aromatic carbocycles. The molecule has 1 amide bonds. The average molecular weight is 243 g/mol. The summed E-state index contributed by atoms with van der Waals surface area (Å²) >= 11 is 10.2.